The Labute approximate surface area is 112 Å². The van der Waals surface area contributed by atoms with Gasteiger partial charge in [-0.2, -0.15) is 0 Å². The lowest BCUT2D eigenvalue weighted by atomic mass is 9.88. The van der Waals surface area contributed by atoms with E-state index in [0.717, 1.165) is 39.0 Å². The van der Waals surface area contributed by atoms with Crippen LogP contribution < -0.4 is 5.73 Å². The molecule has 0 rings (SSSR count). The summed E-state index contributed by atoms with van der Waals surface area (Å²) in [6, 6.07) is 0. The van der Waals surface area contributed by atoms with Crippen molar-refractivity contribution in [1.29, 1.82) is 0 Å². The molecule has 0 aromatic heterocycles. The van der Waals surface area contributed by atoms with E-state index >= 15 is 0 Å². The molecular formula is C13H30N4O. The number of nitrogens with two attached hydrogens (primary N) is 1. The molecule has 0 saturated heterocycles. The van der Waals surface area contributed by atoms with Gasteiger partial charge < -0.3 is 20.7 Å². The fourth-order valence-electron chi connectivity index (χ4n) is 1.69. The van der Waals surface area contributed by atoms with Gasteiger partial charge in [-0.25, -0.2) is 0 Å². The summed E-state index contributed by atoms with van der Waals surface area (Å²) in [4.78, 5) is 4.63. The molecule has 0 aliphatic rings. The summed E-state index contributed by atoms with van der Waals surface area (Å²) < 4.78 is 0. The second-order valence-corrected chi connectivity index (χ2v) is 5.76. The molecule has 18 heavy (non-hydrogen) atoms. The molecule has 108 valence electrons. The predicted molar refractivity (Wildman–Crippen MR) is 77.1 cm³/mol. The Morgan fingerprint density at radius 2 is 1.78 bits per heavy atom. The predicted octanol–water partition coefficient (Wildman–Crippen LogP) is 1.42. The SMILES string of the molecule is CCCN(CCN(C)C)CCC(C)(C)C(N)=NO. The van der Waals surface area contributed by atoms with Gasteiger partial charge in [0.1, 0.15) is 5.84 Å². The van der Waals surface area contributed by atoms with Crippen molar-refractivity contribution in [2.45, 2.75) is 33.6 Å². The van der Waals surface area contributed by atoms with Gasteiger partial charge in [0, 0.05) is 18.5 Å². The van der Waals surface area contributed by atoms with E-state index in [-0.39, 0.29) is 5.41 Å². The van der Waals surface area contributed by atoms with Gasteiger partial charge in [0.15, 0.2) is 0 Å². The van der Waals surface area contributed by atoms with Crippen molar-refractivity contribution < 1.29 is 5.21 Å². The monoisotopic (exact) mass is 258 g/mol. The van der Waals surface area contributed by atoms with Crippen LogP contribution in [0.25, 0.3) is 0 Å². The summed E-state index contributed by atoms with van der Waals surface area (Å²) >= 11 is 0. The Balaban J connectivity index is 4.25. The van der Waals surface area contributed by atoms with Crippen LogP contribution in [-0.2, 0) is 0 Å². The van der Waals surface area contributed by atoms with E-state index in [1.165, 1.54) is 0 Å². The summed E-state index contributed by atoms with van der Waals surface area (Å²) in [7, 11) is 4.18. The van der Waals surface area contributed by atoms with E-state index in [9.17, 15) is 0 Å². The Morgan fingerprint density at radius 1 is 1.17 bits per heavy atom. The Morgan fingerprint density at radius 3 is 2.22 bits per heavy atom. The van der Waals surface area contributed by atoms with Crippen molar-refractivity contribution >= 4 is 5.84 Å². The van der Waals surface area contributed by atoms with Crippen molar-refractivity contribution in [3.8, 4) is 0 Å². The van der Waals surface area contributed by atoms with Crippen LogP contribution in [0.5, 0.6) is 0 Å². The Bertz CT molecular complexity index is 251. The molecule has 0 aromatic carbocycles. The zero-order chi connectivity index (χ0) is 14.2. The van der Waals surface area contributed by atoms with Crippen LogP contribution in [0.3, 0.4) is 0 Å². The van der Waals surface area contributed by atoms with E-state index in [2.05, 4.69) is 36.0 Å². The fourth-order valence-corrected chi connectivity index (χ4v) is 1.69. The average Bonchev–Trinajstić information content (AvgIpc) is 2.31. The molecule has 0 unspecified atom stereocenters. The first-order valence-electron chi connectivity index (χ1n) is 6.68. The first-order chi connectivity index (χ1) is 8.33. The summed E-state index contributed by atoms with van der Waals surface area (Å²) in [6.45, 7) is 10.4. The Hall–Kier alpha value is -0.810. The topological polar surface area (TPSA) is 65.1 Å². The van der Waals surface area contributed by atoms with E-state index in [1.807, 2.05) is 13.8 Å². The van der Waals surface area contributed by atoms with Gasteiger partial charge in [-0.15, -0.1) is 0 Å². The number of nitrogens with zero attached hydrogens (tertiary/aromatic N) is 3. The third-order valence-corrected chi connectivity index (χ3v) is 3.26. The van der Waals surface area contributed by atoms with Gasteiger partial charge in [-0.05, 0) is 40.0 Å². The fraction of sp³-hybridized carbons (Fsp3) is 0.923. The van der Waals surface area contributed by atoms with Crippen molar-refractivity contribution in [2.24, 2.45) is 16.3 Å². The van der Waals surface area contributed by atoms with E-state index in [1.54, 1.807) is 0 Å². The largest absolute Gasteiger partial charge is 0.409 e. The van der Waals surface area contributed by atoms with Crippen LogP contribution in [0, 0.1) is 5.41 Å². The molecule has 0 fully saturated rings. The highest BCUT2D eigenvalue weighted by molar-refractivity contribution is 5.85. The van der Waals surface area contributed by atoms with Gasteiger partial charge in [-0.3, -0.25) is 0 Å². The Kier molecular flexibility index (Phi) is 7.95. The third-order valence-electron chi connectivity index (χ3n) is 3.26. The van der Waals surface area contributed by atoms with Crippen LogP contribution in [-0.4, -0.2) is 61.1 Å². The van der Waals surface area contributed by atoms with Crippen LogP contribution in [0.4, 0.5) is 0 Å². The molecule has 3 N–H and O–H groups in total. The number of rotatable bonds is 9. The molecule has 5 heteroatoms. The molecule has 0 aliphatic carbocycles. The van der Waals surface area contributed by atoms with Gasteiger partial charge in [-0.1, -0.05) is 25.9 Å². The van der Waals surface area contributed by atoms with Crippen LogP contribution >= 0.6 is 0 Å². The molecule has 0 aromatic rings. The van der Waals surface area contributed by atoms with Crippen molar-refractivity contribution in [3.63, 3.8) is 0 Å². The van der Waals surface area contributed by atoms with Crippen molar-refractivity contribution in [1.82, 2.24) is 9.80 Å². The second-order valence-electron chi connectivity index (χ2n) is 5.76. The van der Waals surface area contributed by atoms with E-state index in [0.29, 0.717) is 5.84 Å². The number of hydrogen-bond donors (Lipinski definition) is 2. The van der Waals surface area contributed by atoms with Crippen molar-refractivity contribution in [2.75, 3.05) is 40.3 Å². The quantitative estimate of drug-likeness (QED) is 0.284. The summed E-state index contributed by atoms with van der Waals surface area (Å²) in [5, 5.41) is 11.9. The lowest BCUT2D eigenvalue weighted by Gasteiger charge is -2.29. The molecule has 0 bridgehead atoms. The first-order valence-corrected chi connectivity index (χ1v) is 6.68. The normalized spacial score (nSPS) is 13.6. The minimum absolute atomic E-state index is 0.251. The van der Waals surface area contributed by atoms with Gasteiger partial charge in [0.2, 0.25) is 0 Å². The van der Waals surface area contributed by atoms with Gasteiger partial charge in [0.05, 0.1) is 0 Å². The summed E-state index contributed by atoms with van der Waals surface area (Å²) in [6.07, 6.45) is 2.05. The molecule has 0 spiro atoms. The highest BCUT2D eigenvalue weighted by Crippen LogP contribution is 2.20. The lowest BCUT2D eigenvalue weighted by Crippen LogP contribution is -2.38. The lowest BCUT2D eigenvalue weighted by molar-refractivity contribution is 0.219. The molecule has 0 atom stereocenters. The molecular weight excluding hydrogens is 228 g/mol. The van der Waals surface area contributed by atoms with Gasteiger partial charge in [0.25, 0.3) is 0 Å². The smallest absolute Gasteiger partial charge is 0.144 e. The minimum atomic E-state index is -0.251. The maximum atomic E-state index is 8.76. The van der Waals surface area contributed by atoms with Crippen LogP contribution in [0.15, 0.2) is 5.16 Å². The second kappa shape index (κ2) is 8.32. The standard InChI is InChI=1S/C13H30N4O/c1-6-8-17(11-10-16(4)5)9-7-13(2,3)12(14)15-18/h18H,6-11H2,1-5H3,(H2,14,15). The number of oxime groups is 1. The molecule has 0 radical (unpaired) electrons. The van der Waals surface area contributed by atoms with Crippen LogP contribution in [0.1, 0.15) is 33.6 Å². The number of likely N-dealkylation sites (N-methyl/N-ethyl adjacent to an activating group) is 1. The summed E-state index contributed by atoms with van der Waals surface area (Å²) in [5.41, 5.74) is 5.46. The minimum Gasteiger partial charge on any atom is -0.409 e. The molecule has 0 heterocycles. The highest BCUT2D eigenvalue weighted by atomic mass is 16.4. The van der Waals surface area contributed by atoms with Gasteiger partial charge >= 0.3 is 0 Å². The maximum absolute atomic E-state index is 8.76. The number of amidine groups is 1. The summed E-state index contributed by atoms with van der Waals surface area (Å²) in [5.74, 6) is 0.312. The highest BCUT2D eigenvalue weighted by Gasteiger charge is 2.24. The maximum Gasteiger partial charge on any atom is 0.144 e. The molecule has 0 aliphatic heterocycles. The molecule has 0 saturated carbocycles. The zero-order valence-corrected chi connectivity index (χ0v) is 12.6. The molecule has 5 nitrogen and oxygen atoms in total. The van der Waals surface area contributed by atoms with E-state index in [4.69, 9.17) is 10.9 Å². The van der Waals surface area contributed by atoms with Crippen molar-refractivity contribution in [3.05, 3.63) is 0 Å². The van der Waals surface area contributed by atoms with E-state index < -0.39 is 0 Å². The first kappa shape index (κ1) is 17.2. The average molecular weight is 258 g/mol. The third kappa shape index (κ3) is 6.81. The molecule has 0 amide bonds. The zero-order valence-electron chi connectivity index (χ0n) is 12.6. The van der Waals surface area contributed by atoms with Crippen LogP contribution in [0.2, 0.25) is 0 Å². The number of hydrogen-bond acceptors (Lipinski definition) is 4.